The Morgan fingerprint density at radius 1 is 0.537 bits per heavy atom. The van der Waals surface area contributed by atoms with E-state index < -0.39 is 173 Å². The van der Waals surface area contributed by atoms with Gasteiger partial charge in [-0.25, -0.2) is 4.98 Å². The number of aromatic nitrogens is 4. The molecule has 0 radical (unpaired) electrons. The molecule has 0 aliphatic heterocycles. The van der Waals surface area contributed by atoms with Crippen LogP contribution in [0.5, 0.6) is 11.5 Å². The van der Waals surface area contributed by atoms with Crippen LogP contribution < -0.4 is 9.30 Å². The number of ether oxygens (including phenoxy) is 1. The van der Waals surface area contributed by atoms with Crippen LogP contribution >= 0.6 is 0 Å². The van der Waals surface area contributed by atoms with E-state index in [2.05, 4.69) is 58.5 Å². The van der Waals surface area contributed by atoms with Gasteiger partial charge < -0.3 is 4.74 Å². The van der Waals surface area contributed by atoms with Crippen molar-refractivity contribution >= 4 is 32.8 Å². The molecule has 0 unspecified atom stereocenters. The molecule has 0 saturated heterocycles. The third-order valence-electron chi connectivity index (χ3n) is 14.9. The molecule has 394 valence electrons. The molecule has 0 N–H and O–H groups in total. The van der Waals surface area contributed by atoms with Crippen molar-refractivity contribution in [1.29, 1.82) is 0 Å². The maximum Gasteiger partial charge on any atom is 0.269 e. The summed E-state index contributed by atoms with van der Waals surface area (Å²) in [5.74, 6) is 1.38. The molecule has 0 fully saturated rings. The van der Waals surface area contributed by atoms with Crippen molar-refractivity contribution in [1.82, 2.24) is 14.1 Å². The summed E-state index contributed by atoms with van der Waals surface area (Å²) >= 11 is 0. The van der Waals surface area contributed by atoms with E-state index in [1.165, 1.54) is 4.57 Å². The highest BCUT2D eigenvalue weighted by Gasteiger charge is 2.42. The van der Waals surface area contributed by atoms with Gasteiger partial charge in [-0.2, -0.15) is 0 Å². The minimum Gasteiger partial charge on any atom is -0.458 e. The molecule has 3 heterocycles. The summed E-state index contributed by atoms with van der Waals surface area (Å²) in [6, 6.07) is 27.3. The maximum atomic E-state index is 10.5. The Hall–Kier alpha value is -8.80. The number of hydrogen-bond acceptors (Lipinski definition) is 2. The number of fused-ring (bicyclic) bond motifs is 5. The second kappa shape index (κ2) is 18.9. The van der Waals surface area contributed by atoms with Crippen molar-refractivity contribution < 1.29 is 43.6 Å². The van der Waals surface area contributed by atoms with Gasteiger partial charge in [-0.15, -0.1) is 0 Å². The summed E-state index contributed by atoms with van der Waals surface area (Å²) in [5, 5.41) is 1.89. The van der Waals surface area contributed by atoms with E-state index in [0.29, 0.717) is 28.3 Å². The lowest BCUT2D eigenvalue weighted by Crippen LogP contribution is -2.31. The van der Waals surface area contributed by atoms with Crippen LogP contribution in [0.25, 0.3) is 94.5 Å². The maximum absolute atomic E-state index is 10.5. The van der Waals surface area contributed by atoms with Crippen molar-refractivity contribution in [2.24, 2.45) is 0 Å². The Labute approximate surface area is 506 Å². The molecule has 0 bridgehead atoms. The first kappa shape index (κ1) is 30.0. The Balaban J connectivity index is 1.17. The van der Waals surface area contributed by atoms with Crippen LogP contribution in [-0.2, 0) is 21.7 Å². The van der Waals surface area contributed by atoms with E-state index >= 15 is 0 Å². The molecular weight excluding hydrogens is 973 g/mol. The predicted octanol–water partition coefficient (Wildman–Crippen LogP) is 19.2. The van der Waals surface area contributed by atoms with Crippen LogP contribution in [0.3, 0.4) is 0 Å². The van der Waals surface area contributed by atoms with Gasteiger partial charge in [0, 0.05) is 39.5 Å². The first-order chi connectivity index (χ1) is 48.8. The van der Waals surface area contributed by atoms with Crippen molar-refractivity contribution in [2.45, 2.75) is 97.0 Å². The lowest BCUT2D eigenvalue weighted by Gasteiger charge is -2.23. The van der Waals surface area contributed by atoms with Gasteiger partial charge in [0.15, 0.2) is 0 Å². The number of pyridine rings is 1. The molecule has 0 spiro atoms. The fraction of sp³-hybridized carbons (Fsp3) is 0.200. The number of para-hydroxylation sites is 1. The first-order valence-electron chi connectivity index (χ1n) is 38.7. The number of imidazole rings is 1. The van der Waals surface area contributed by atoms with Crippen molar-refractivity contribution in [3.05, 3.63) is 247 Å². The average molecular weight is 1070 g/mol. The SMILES string of the molecule is [2H]c1c([2H])c([2H])c(-c2cc(-c3c([2H])c([2H])c([2H])c([2H])c3[2H])c(-[n+]3[c-]n(-c4cccc(Oc5ccc6c7ccccc7n(-c7cc(C(C)(C)C)ccn7)c6c5)c4)c4cc(-c5ccc(C(C)(C)C)cc5)ccc43)c(-c3c([2H])c([2H])c4c(c3[2H])C(C([2H])([2H])[2H])(C([2H])([2H])[2H])CC4(C([2H])([2H])[2H])C([2H])([2H])[2H])c2)c([2H])c1[2H]. The first-order valence-corrected chi connectivity index (χ1v) is 26.2. The predicted molar refractivity (Wildman–Crippen MR) is 332 cm³/mol. The fourth-order valence-electron chi connectivity index (χ4n) is 10.8. The van der Waals surface area contributed by atoms with E-state index in [1.807, 2.05) is 72.8 Å². The topological polar surface area (TPSA) is 35.9 Å². The van der Waals surface area contributed by atoms with Crippen LogP contribution in [0.4, 0.5) is 0 Å². The smallest absolute Gasteiger partial charge is 0.269 e. The fourth-order valence-corrected chi connectivity index (χ4v) is 10.8. The van der Waals surface area contributed by atoms with Crippen molar-refractivity contribution in [2.75, 3.05) is 0 Å². The van der Waals surface area contributed by atoms with Crippen molar-refractivity contribution in [3.63, 3.8) is 0 Å². The lowest BCUT2D eigenvalue weighted by molar-refractivity contribution is -0.571. The summed E-state index contributed by atoms with van der Waals surface area (Å²) in [6.45, 7) is -3.06. The monoisotopic (exact) mass is 1070 g/mol. The third-order valence-corrected chi connectivity index (χ3v) is 14.9. The zero-order chi connectivity index (χ0) is 76.6. The quantitative estimate of drug-likeness (QED) is 0.107. The average Bonchev–Trinajstić information content (AvgIpc) is 1.49. The summed E-state index contributed by atoms with van der Waals surface area (Å²) in [5.41, 5.74) is -8.34. The molecule has 9 aromatic carbocycles. The molecular formula is C75H68N4O. The number of benzene rings is 9. The van der Waals surface area contributed by atoms with Gasteiger partial charge in [-0.05, 0) is 162 Å². The summed E-state index contributed by atoms with van der Waals surface area (Å²) < 4.78 is 242. The minimum atomic E-state index is -3.94. The molecule has 1 aliphatic rings. The molecule has 5 heteroatoms. The van der Waals surface area contributed by atoms with Crippen LogP contribution in [0.1, 0.15) is 132 Å². The molecule has 0 amide bonds. The van der Waals surface area contributed by atoms with E-state index in [4.69, 9.17) is 34.4 Å². The van der Waals surface area contributed by atoms with Gasteiger partial charge in [-0.3, -0.25) is 13.7 Å². The van der Waals surface area contributed by atoms with Gasteiger partial charge in [0.25, 0.3) is 6.33 Å². The summed E-state index contributed by atoms with van der Waals surface area (Å²) in [6.07, 6.45) is 3.42. The molecule has 5 nitrogen and oxygen atoms in total. The van der Waals surface area contributed by atoms with Crippen LogP contribution in [-0.4, -0.2) is 14.1 Å². The third kappa shape index (κ3) is 8.99. The number of nitrogens with zero attached hydrogens (tertiary/aromatic N) is 4. The van der Waals surface area contributed by atoms with Gasteiger partial charge >= 0.3 is 0 Å². The largest absolute Gasteiger partial charge is 0.458 e. The van der Waals surface area contributed by atoms with Gasteiger partial charge in [0.05, 0.1) is 51.3 Å². The zero-order valence-corrected chi connectivity index (χ0v) is 44.7. The summed E-state index contributed by atoms with van der Waals surface area (Å²) in [4.78, 5) is 4.84. The Bertz CT molecular complexity index is 5550. The van der Waals surface area contributed by atoms with Crippen LogP contribution in [0.15, 0.2) is 218 Å². The number of hydrogen-bond donors (Lipinski definition) is 0. The van der Waals surface area contributed by atoms with E-state index in [1.54, 1.807) is 53.2 Å². The molecule has 0 saturated carbocycles. The molecule has 0 atom stereocenters. The van der Waals surface area contributed by atoms with E-state index in [-0.39, 0.29) is 22.1 Å². The van der Waals surface area contributed by atoms with E-state index in [9.17, 15) is 9.60 Å². The van der Waals surface area contributed by atoms with Gasteiger partial charge in [0.2, 0.25) is 0 Å². The van der Waals surface area contributed by atoms with Gasteiger partial charge in [0.1, 0.15) is 17.3 Å². The minimum absolute atomic E-state index is 0.137. The van der Waals surface area contributed by atoms with Gasteiger partial charge in [-0.1, -0.05) is 208 Å². The second-order valence-electron chi connectivity index (χ2n) is 22.5. The Kier molecular flexibility index (Phi) is 7.10. The van der Waals surface area contributed by atoms with Crippen LogP contribution in [0, 0.1) is 6.33 Å². The Morgan fingerprint density at radius 2 is 1.21 bits per heavy atom. The number of rotatable bonds is 9. The molecule has 13 rings (SSSR count). The molecule has 12 aromatic rings. The van der Waals surface area contributed by atoms with E-state index in [0.717, 1.165) is 50.6 Å². The molecule has 80 heavy (non-hydrogen) atoms. The normalized spacial score (nSPS) is 19.1. The second-order valence-corrected chi connectivity index (χ2v) is 22.5. The van der Waals surface area contributed by atoms with Crippen LogP contribution in [0.2, 0.25) is 0 Å². The van der Waals surface area contributed by atoms with Crippen molar-refractivity contribution in [3.8, 4) is 73.2 Å². The standard InChI is InChI=1S/C75H68N4O/c1-72(2,3)55-32-28-50(29-33-55)52-31-37-67-69(43-52)77(57-24-19-25-58(45-57)80-59-34-35-61-60-26-17-18-27-66(60)79(68(61)46-59)70-44-56(38-39-76-70)73(4,5)6)48-78(67)71-62(51-22-15-12-16-23-51)40-54(49-20-13-11-14-21-49)41-63(71)53-30-36-64-65(42-53)75(9,10)47-74(64,7)8/h11-46H,47H2,1-10H3/i7D3,8D3,9D3,10D3,11D,12D,13D,14D,15D,16D,20D,21D,22D,23D,30D,36D,42D. The highest BCUT2D eigenvalue weighted by Crippen LogP contribution is 2.51. The lowest BCUT2D eigenvalue weighted by atomic mass is 9.82. The molecule has 1 aliphatic carbocycles. The highest BCUT2D eigenvalue weighted by molar-refractivity contribution is 6.09. The highest BCUT2D eigenvalue weighted by atomic mass is 16.5. The Morgan fingerprint density at radius 3 is 1.95 bits per heavy atom. The summed E-state index contributed by atoms with van der Waals surface area (Å²) in [7, 11) is 0. The molecule has 3 aromatic heterocycles. The zero-order valence-electron chi connectivity index (χ0n) is 69.7.